The first kappa shape index (κ1) is 22.7. The van der Waals surface area contributed by atoms with Crippen LogP contribution in [0.3, 0.4) is 0 Å². The Morgan fingerprint density at radius 2 is 1.14 bits per heavy atom. The molecule has 0 fully saturated rings. The number of hydrogen-bond donors (Lipinski definition) is 0. The Hall–Kier alpha value is -1.56. The van der Waals surface area contributed by atoms with Crippen molar-refractivity contribution in [3.05, 3.63) is 59.7 Å². The number of rotatable bonds is 2. The highest BCUT2D eigenvalue weighted by molar-refractivity contribution is 5.69. The van der Waals surface area contributed by atoms with E-state index < -0.39 is 0 Å². The van der Waals surface area contributed by atoms with Crippen LogP contribution in [0.4, 0.5) is 0 Å². The zero-order valence-electron chi connectivity index (χ0n) is 16.2. The Morgan fingerprint density at radius 3 is 1.59 bits per heavy atom. The molecule has 0 N–H and O–H groups in total. The minimum atomic E-state index is 0.566. The van der Waals surface area contributed by atoms with E-state index in [0.29, 0.717) is 5.92 Å². The fourth-order valence-electron chi connectivity index (χ4n) is 2.32. The van der Waals surface area contributed by atoms with Gasteiger partial charge in [-0.25, -0.2) is 0 Å². The van der Waals surface area contributed by atoms with Gasteiger partial charge in [-0.15, -0.1) is 0 Å². The molecule has 2 aromatic rings. The molecule has 2 aromatic carbocycles. The Bertz CT molecular complexity index is 467. The van der Waals surface area contributed by atoms with Crippen molar-refractivity contribution < 1.29 is 0 Å². The van der Waals surface area contributed by atoms with Gasteiger partial charge in [0.05, 0.1) is 0 Å². The van der Waals surface area contributed by atoms with Gasteiger partial charge in [0.25, 0.3) is 0 Å². The van der Waals surface area contributed by atoms with E-state index in [0.717, 1.165) is 0 Å². The maximum absolute atomic E-state index is 2.26. The van der Waals surface area contributed by atoms with E-state index in [4.69, 9.17) is 0 Å². The molecular formula is C22H36. The number of aryl methyl sites for hydroxylation is 1. The standard InChI is InChI=1S/C16H18.3C2H6/c1-12(2)16-13(3)8-7-11-15(16)14-9-5-4-6-10-14;3*1-2/h4-12H,1-3H3;3*1-2H3. The lowest BCUT2D eigenvalue weighted by molar-refractivity contribution is 0.859. The van der Waals surface area contributed by atoms with E-state index in [9.17, 15) is 0 Å². The van der Waals surface area contributed by atoms with Crippen LogP contribution < -0.4 is 0 Å². The van der Waals surface area contributed by atoms with E-state index in [2.05, 4.69) is 69.3 Å². The van der Waals surface area contributed by atoms with Gasteiger partial charge in [-0.1, -0.05) is 104 Å². The number of benzene rings is 2. The smallest absolute Gasteiger partial charge is 0.0147 e. The van der Waals surface area contributed by atoms with Crippen molar-refractivity contribution >= 4 is 0 Å². The van der Waals surface area contributed by atoms with Gasteiger partial charge in [-0.2, -0.15) is 0 Å². The molecule has 0 aliphatic heterocycles. The summed E-state index contributed by atoms with van der Waals surface area (Å²) in [5.41, 5.74) is 5.54. The van der Waals surface area contributed by atoms with Gasteiger partial charge >= 0.3 is 0 Å². The van der Waals surface area contributed by atoms with E-state index in [1.54, 1.807) is 0 Å². The van der Waals surface area contributed by atoms with Gasteiger partial charge in [-0.3, -0.25) is 0 Å². The molecule has 124 valence electrons. The van der Waals surface area contributed by atoms with Crippen LogP contribution in [0, 0.1) is 6.92 Å². The maximum atomic E-state index is 2.26. The molecule has 0 heteroatoms. The first-order chi connectivity index (χ1) is 10.7. The summed E-state index contributed by atoms with van der Waals surface area (Å²) in [7, 11) is 0. The molecule has 0 spiro atoms. The van der Waals surface area contributed by atoms with Crippen LogP contribution in [0.15, 0.2) is 48.5 Å². The molecule has 0 saturated carbocycles. The van der Waals surface area contributed by atoms with Gasteiger partial charge in [0.15, 0.2) is 0 Å². The van der Waals surface area contributed by atoms with E-state index >= 15 is 0 Å². The minimum Gasteiger partial charge on any atom is -0.0683 e. The van der Waals surface area contributed by atoms with E-state index in [1.165, 1.54) is 22.3 Å². The molecule has 0 aromatic heterocycles. The Morgan fingerprint density at radius 1 is 0.636 bits per heavy atom. The van der Waals surface area contributed by atoms with Gasteiger partial charge in [-0.05, 0) is 35.1 Å². The molecule has 0 amide bonds. The van der Waals surface area contributed by atoms with Crippen molar-refractivity contribution in [2.75, 3.05) is 0 Å². The van der Waals surface area contributed by atoms with Crippen molar-refractivity contribution in [1.82, 2.24) is 0 Å². The molecule has 0 atom stereocenters. The zero-order chi connectivity index (χ0) is 17.5. The fraction of sp³-hybridized carbons (Fsp3) is 0.455. The monoisotopic (exact) mass is 300 g/mol. The summed E-state index contributed by atoms with van der Waals surface area (Å²) >= 11 is 0. The highest BCUT2D eigenvalue weighted by atomic mass is 14.1. The second-order valence-corrected chi connectivity index (χ2v) is 4.56. The Labute approximate surface area is 139 Å². The predicted octanol–water partition coefficient (Wildman–Crippen LogP) is 7.86. The summed E-state index contributed by atoms with van der Waals surface area (Å²) in [6.07, 6.45) is 0. The van der Waals surface area contributed by atoms with Gasteiger partial charge in [0.2, 0.25) is 0 Å². The average Bonchev–Trinajstić information content (AvgIpc) is 2.60. The molecule has 0 bridgehead atoms. The lowest BCUT2D eigenvalue weighted by Crippen LogP contribution is -1.95. The van der Waals surface area contributed by atoms with Crippen molar-refractivity contribution in [3.63, 3.8) is 0 Å². The summed E-state index contributed by atoms with van der Waals surface area (Å²) in [4.78, 5) is 0. The highest BCUT2D eigenvalue weighted by Crippen LogP contribution is 2.31. The Balaban J connectivity index is 0. The van der Waals surface area contributed by atoms with Gasteiger partial charge in [0.1, 0.15) is 0 Å². The molecule has 0 unspecified atom stereocenters. The lowest BCUT2D eigenvalue weighted by atomic mass is 9.89. The van der Waals surface area contributed by atoms with Crippen molar-refractivity contribution in [1.29, 1.82) is 0 Å². The molecule has 2 rings (SSSR count). The third kappa shape index (κ3) is 6.93. The van der Waals surface area contributed by atoms with E-state index in [1.807, 2.05) is 41.5 Å². The van der Waals surface area contributed by atoms with Crippen LogP contribution in [-0.2, 0) is 0 Å². The van der Waals surface area contributed by atoms with Crippen LogP contribution in [0.25, 0.3) is 11.1 Å². The summed E-state index contributed by atoms with van der Waals surface area (Å²) in [5, 5.41) is 0. The van der Waals surface area contributed by atoms with Crippen LogP contribution in [0.5, 0.6) is 0 Å². The quantitative estimate of drug-likeness (QED) is 0.529. The van der Waals surface area contributed by atoms with Crippen molar-refractivity contribution in [3.8, 4) is 11.1 Å². The molecule has 0 radical (unpaired) electrons. The van der Waals surface area contributed by atoms with Crippen molar-refractivity contribution in [2.24, 2.45) is 0 Å². The third-order valence-corrected chi connectivity index (χ3v) is 2.99. The SMILES string of the molecule is CC.CC.CC.Cc1cccc(-c2ccccc2)c1C(C)C. The molecule has 0 heterocycles. The van der Waals surface area contributed by atoms with E-state index in [-0.39, 0.29) is 0 Å². The average molecular weight is 301 g/mol. The minimum absolute atomic E-state index is 0.566. The van der Waals surface area contributed by atoms with Crippen LogP contribution in [0.2, 0.25) is 0 Å². The first-order valence-corrected chi connectivity index (χ1v) is 8.85. The second-order valence-electron chi connectivity index (χ2n) is 4.56. The Kier molecular flexibility index (Phi) is 14.8. The summed E-state index contributed by atoms with van der Waals surface area (Å²) in [6.45, 7) is 18.7. The zero-order valence-corrected chi connectivity index (χ0v) is 16.2. The molecule has 0 nitrogen and oxygen atoms in total. The van der Waals surface area contributed by atoms with Crippen molar-refractivity contribution in [2.45, 2.75) is 68.2 Å². The fourth-order valence-corrected chi connectivity index (χ4v) is 2.32. The normalized spacial score (nSPS) is 8.64. The predicted molar refractivity (Wildman–Crippen MR) is 105 cm³/mol. The van der Waals surface area contributed by atoms with Gasteiger partial charge in [0, 0.05) is 0 Å². The molecule has 22 heavy (non-hydrogen) atoms. The first-order valence-electron chi connectivity index (χ1n) is 8.85. The summed E-state index contributed by atoms with van der Waals surface area (Å²) in [5.74, 6) is 0.566. The van der Waals surface area contributed by atoms with Crippen LogP contribution in [0.1, 0.15) is 72.4 Å². The molecule has 0 saturated heterocycles. The molecular weight excluding hydrogens is 264 g/mol. The largest absolute Gasteiger partial charge is 0.0683 e. The van der Waals surface area contributed by atoms with Crippen LogP contribution in [-0.4, -0.2) is 0 Å². The topological polar surface area (TPSA) is 0 Å². The second kappa shape index (κ2) is 14.4. The molecule has 0 aliphatic carbocycles. The maximum Gasteiger partial charge on any atom is -0.0147 e. The molecule has 0 aliphatic rings. The van der Waals surface area contributed by atoms with Gasteiger partial charge < -0.3 is 0 Å². The third-order valence-electron chi connectivity index (χ3n) is 2.99. The number of hydrogen-bond acceptors (Lipinski definition) is 0. The summed E-state index contributed by atoms with van der Waals surface area (Å²) < 4.78 is 0. The van der Waals surface area contributed by atoms with Crippen LogP contribution >= 0.6 is 0 Å². The summed E-state index contributed by atoms with van der Waals surface area (Å²) in [6, 6.07) is 17.2. The lowest BCUT2D eigenvalue weighted by Gasteiger charge is -2.16. The highest BCUT2D eigenvalue weighted by Gasteiger charge is 2.10.